The van der Waals surface area contributed by atoms with Gasteiger partial charge in [-0.15, -0.1) is 0 Å². The number of rotatable bonds is 2. The molecular formula is C18H24O3. The van der Waals surface area contributed by atoms with E-state index in [4.69, 9.17) is 9.47 Å². The minimum absolute atomic E-state index is 0.0368. The summed E-state index contributed by atoms with van der Waals surface area (Å²) in [6.07, 6.45) is 4.77. The molecule has 0 unspecified atom stereocenters. The summed E-state index contributed by atoms with van der Waals surface area (Å²) in [7, 11) is 1.58. The molecule has 1 aliphatic carbocycles. The smallest absolute Gasteiger partial charge is 0.160 e. The maximum Gasteiger partial charge on any atom is 0.160 e. The van der Waals surface area contributed by atoms with Crippen LogP contribution in [-0.4, -0.2) is 17.8 Å². The average molecular weight is 288 g/mol. The zero-order chi connectivity index (χ0) is 15.2. The molecule has 1 heterocycles. The molecule has 3 atom stereocenters. The second-order valence-corrected chi connectivity index (χ2v) is 6.81. The van der Waals surface area contributed by atoms with Crippen LogP contribution in [0.15, 0.2) is 29.8 Å². The van der Waals surface area contributed by atoms with Crippen LogP contribution in [0.2, 0.25) is 0 Å². The van der Waals surface area contributed by atoms with E-state index in [1.807, 2.05) is 12.1 Å². The highest BCUT2D eigenvalue weighted by Gasteiger charge is 2.49. The number of phenols is 1. The number of hydrogen-bond donors (Lipinski definition) is 1. The van der Waals surface area contributed by atoms with E-state index in [1.165, 1.54) is 18.4 Å². The maximum atomic E-state index is 9.78. The molecule has 0 bridgehead atoms. The Balaban J connectivity index is 2.00. The van der Waals surface area contributed by atoms with Crippen molar-refractivity contribution in [3.8, 4) is 11.5 Å². The Bertz CT molecular complexity index is 574. The standard InChI is InChI=1S/C18H24O3/c1-11-5-7-14-13(9-11)17(21-18(14,2)3)12-6-8-15(19)16(10-12)20-4/h6,8-10,13-14,17,19H,5,7H2,1-4H3/t13-,14+,17-/m0/s1. The van der Waals surface area contributed by atoms with Gasteiger partial charge < -0.3 is 14.6 Å². The van der Waals surface area contributed by atoms with E-state index in [0.29, 0.717) is 17.6 Å². The van der Waals surface area contributed by atoms with Crippen LogP contribution in [0.5, 0.6) is 11.5 Å². The van der Waals surface area contributed by atoms with Crippen LogP contribution in [0, 0.1) is 11.8 Å². The van der Waals surface area contributed by atoms with Crippen molar-refractivity contribution in [2.45, 2.75) is 45.3 Å². The van der Waals surface area contributed by atoms with Crippen molar-refractivity contribution >= 4 is 0 Å². The van der Waals surface area contributed by atoms with Crippen molar-refractivity contribution in [1.82, 2.24) is 0 Å². The Labute approximate surface area is 126 Å². The third kappa shape index (κ3) is 2.44. The Morgan fingerprint density at radius 3 is 2.81 bits per heavy atom. The number of fused-ring (bicyclic) bond motifs is 1. The SMILES string of the molecule is COc1cc([C@@H]2OC(C)(C)[C@@H]3CCC(C)=C[C@@H]32)ccc1O. The normalized spacial score (nSPS) is 30.7. The van der Waals surface area contributed by atoms with E-state index in [2.05, 4.69) is 26.8 Å². The van der Waals surface area contributed by atoms with Crippen LogP contribution in [0.3, 0.4) is 0 Å². The summed E-state index contributed by atoms with van der Waals surface area (Å²) in [6.45, 7) is 6.59. The fourth-order valence-electron chi connectivity index (χ4n) is 3.87. The van der Waals surface area contributed by atoms with Crippen LogP contribution in [0.25, 0.3) is 0 Å². The Hall–Kier alpha value is -1.48. The Morgan fingerprint density at radius 1 is 1.33 bits per heavy atom. The summed E-state index contributed by atoms with van der Waals surface area (Å²) in [5, 5.41) is 9.78. The van der Waals surface area contributed by atoms with Crippen molar-refractivity contribution in [2.75, 3.05) is 7.11 Å². The molecule has 0 saturated carbocycles. The van der Waals surface area contributed by atoms with Crippen LogP contribution >= 0.6 is 0 Å². The number of phenolic OH excluding ortho intramolecular Hbond substituents is 1. The molecule has 1 N–H and O–H groups in total. The molecule has 114 valence electrons. The highest BCUT2D eigenvalue weighted by Crippen LogP contribution is 2.53. The lowest BCUT2D eigenvalue weighted by atomic mass is 9.72. The van der Waals surface area contributed by atoms with Crippen molar-refractivity contribution < 1.29 is 14.6 Å². The second-order valence-electron chi connectivity index (χ2n) is 6.81. The molecule has 21 heavy (non-hydrogen) atoms. The molecule has 0 radical (unpaired) electrons. The van der Waals surface area contributed by atoms with Gasteiger partial charge in [-0.2, -0.15) is 0 Å². The van der Waals surface area contributed by atoms with Crippen LogP contribution in [0.1, 0.15) is 45.3 Å². The topological polar surface area (TPSA) is 38.7 Å². The number of benzene rings is 1. The maximum absolute atomic E-state index is 9.78. The third-order valence-corrected chi connectivity index (χ3v) is 5.00. The van der Waals surface area contributed by atoms with E-state index in [0.717, 1.165) is 5.56 Å². The molecule has 1 saturated heterocycles. The molecule has 1 aliphatic heterocycles. The lowest BCUT2D eigenvalue weighted by molar-refractivity contribution is -0.0345. The molecule has 3 rings (SSSR count). The summed E-state index contributed by atoms with van der Waals surface area (Å²) in [5.74, 6) is 1.63. The monoisotopic (exact) mass is 288 g/mol. The van der Waals surface area contributed by atoms with Gasteiger partial charge in [-0.05, 0) is 57.2 Å². The minimum atomic E-state index is -0.113. The van der Waals surface area contributed by atoms with Crippen LogP contribution in [-0.2, 0) is 4.74 Å². The van der Waals surface area contributed by atoms with Gasteiger partial charge in [0.2, 0.25) is 0 Å². The van der Waals surface area contributed by atoms with Gasteiger partial charge in [0.15, 0.2) is 11.5 Å². The number of methoxy groups -OCH3 is 1. The van der Waals surface area contributed by atoms with Gasteiger partial charge >= 0.3 is 0 Å². The van der Waals surface area contributed by atoms with Gasteiger partial charge in [-0.3, -0.25) is 0 Å². The van der Waals surface area contributed by atoms with Crippen molar-refractivity contribution in [2.24, 2.45) is 11.8 Å². The summed E-state index contributed by atoms with van der Waals surface area (Å²) in [5.41, 5.74) is 2.42. The van der Waals surface area contributed by atoms with Gasteiger partial charge in [0.1, 0.15) is 0 Å². The first-order valence-corrected chi connectivity index (χ1v) is 7.64. The highest BCUT2D eigenvalue weighted by atomic mass is 16.5. The second kappa shape index (κ2) is 5.06. The first-order chi connectivity index (χ1) is 9.92. The molecule has 0 spiro atoms. The van der Waals surface area contributed by atoms with Crippen LogP contribution in [0.4, 0.5) is 0 Å². The van der Waals surface area contributed by atoms with Gasteiger partial charge in [-0.25, -0.2) is 0 Å². The zero-order valence-corrected chi connectivity index (χ0v) is 13.2. The molecule has 0 aromatic heterocycles. The van der Waals surface area contributed by atoms with Gasteiger partial charge in [0.25, 0.3) is 0 Å². The predicted octanol–water partition coefficient (Wildman–Crippen LogP) is 4.22. The highest BCUT2D eigenvalue weighted by molar-refractivity contribution is 5.43. The Morgan fingerprint density at radius 2 is 2.10 bits per heavy atom. The fraction of sp³-hybridized carbons (Fsp3) is 0.556. The quantitative estimate of drug-likeness (QED) is 0.828. The predicted molar refractivity (Wildman–Crippen MR) is 82.5 cm³/mol. The van der Waals surface area contributed by atoms with Gasteiger partial charge in [0, 0.05) is 5.92 Å². The lowest BCUT2D eigenvalue weighted by Gasteiger charge is -2.30. The summed E-state index contributed by atoms with van der Waals surface area (Å²) < 4.78 is 11.6. The van der Waals surface area contributed by atoms with Gasteiger partial charge in [0.05, 0.1) is 18.8 Å². The van der Waals surface area contributed by atoms with E-state index in [-0.39, 0.29) is 17.5 Å². The molecule has 3 nitrogen and oxygen atoms in total. The summed E-state index contributed by atoms with van der Waals surface area (Å²) in [4.78, 5) is 0. The average Bonchev–Trinajstić information content (AvgIpc) is 2.70. The molecule has 3 heteroatoms. The number of ether oxygens (including phenoxy) is 2. The largest absolute Gasteiger partial charge is 0.504 e. The van der Waals surface area contributed by atoms with Crippen molar-refractivity contribution in [3.63, 3.8) is 0 Å². The molecule has 1 fully saturated rings. The fourth-order valence-corrected chi connectivity index (χ4v) is 3.87. The van der Waals surface area contributed by atoms with E-state index < -0.39 is 0 Å². The zero-order valence-electron chi connectivity index (χ0n) is 13.2. The lowest BCUT2D eigenvalue weighted by Crippen LogP contribution is -2.30. The molecule has 1 aromatic carbocycles. The number of hydrogen-bond acceptors (Lipinski definition) is 3. The van der Waals surface area contributed by atoms with E-state index in [9.17, 15) is 5.11 Å². The number of allylic oxidation sites excluding steroid dienone is 1. The van der Waals surface area contributed by atoms with Crippen molar-refractivity contribution in [1.29, 1.82) is 0 Å². The molecule has 1 aromatic rings. The first-order valence-electron chi connectivity index (χ1n) is 7.64. The molecule has 0 amide bonds. The minimum Gasteiger partial charge on any atom is -0.504 e. The van der Waals surface area contributed by atoms with E-state index >= 15 is 0 Å². The van der Waals surface area contributed by atoms with Crippen molar-refractivity contribution in [3.05, 3.63) is 35.4 Å². The van der Waals surface area contributed by atoms with Gasteiger partial charge in [-0.1, -0.05) is 17.7 Å². The van der Waals surface area contributed by atoms with E-state index in [1.54, 1.807) is 13.2 Å². The summed E-state index contributed by atoms with van der Waals surface area (Å²) >= 11 is 0. The number of aromatic hydroxyl groups is 1. The third-order valence-electron chi connectivity index (χ3n) is 5.00. The van der Waals surface area contributed by atoms with Crippen LogP contribution < -0.4 is 4.74 Å². The first kappa shape index (κ1) is 14.5. The summed E-state index contributed by atoms with van der Waals surface area (Å²) in [6, 6.07) is 5.53. The Kier molecular flexibility index (Phi) is 3.48. The molecule has 2 aliphatic rings. The molecular weight excluding hydrogens is 264 g/mol.